The molecule has 0 spiro atoms. The number of carbonyl (C=O) groups excluding carboxylic acids is 1. The quantitative estimate of drug-likeness (QED) is 0.188. The highest BCUT2D eigenvalue weighted by Gasteiger charge is 2.34. The molecule has 0 bridgehead atoms. The number of fused-ring (bicyclic) bond motifs is 1. The first-order valence-electron chi connectivity index (χ1n) is 11.5. The fraction of sp³-hybridized carbons (Fsp3) is 0.375. The van der Waals surface area contributed by atoms with Gasteiger partial charge in [0.05, 0.1) is 27.4 Å². The minimum Gasteiger partial charge on any atom is -0.305 e. The number of hydrogen-bond donors (Lipinski definition) is 1. The Bertz CT molecular complexity index is 1460. The second-order valence-electron chi connectivity index (χ2n) is 10.0. The van der Waals surface area contributed by atoms with Gasteiger partial charge >= 0.3 is 5.00 Å². The van der Waals surface area contributed by atoms with Gasteiger partial charge in [-0.15, -0.1) is 0 Å². The fourth-order valence-electron chi connectivity index (χ4n) is 5.12. The lowest BCUT2D eigenvalue weighted by molar-refractivity contribution is -0.380. The summed E-state index contributed by atoms with van der Waals surface area (Å²) < 4.78 is 1.94. The van der Waals surface area contributed by atoms with E-state index in [4.69, 9.17) is 16.6 Å². The van der Waals surface area contributed by atoms with Crippen LogP contribution < -0.4 is 5.32 Å². The van der Waals surface area contributed by atoms with Crippen LogP contribution in [0.5, 0.6) is 0 Å². The molecule has 1 aliphatic carbocycles. The van der Waals surface area contributed by atoms with Gasteiger partial charge in [0.1, 0.15) is 11.0 Å². The number of pyridine rings is 1. The highest BCUT2D eigenvalue weighted by molar-refractivity contribution is 7.17. The minimum absolute atomic E-state index is 0.109. The number of amides is 1. The number of carbonyl (C=O) groups is 1. The Balaban J connectivity index is 1.59. The molecule has 0 aromatic carbocycles. The van der Waals surface area contributed by atoms with Crippen LogP contribution in [0.3, 0.4) is 0 Å². The van der Waals surface area contributed by atoms with Gasteiger partial charge in [-0.1, -0.05) is 43.7 Å². The van der Waals surface area contributed by atoms with Gasteiger partial charge in [-0.05, 0) is 48.8 Å². The molecule has 1 amide bonds. The minimum atomic E-state index is -0.521. The summed E-state index contributed by atoms with van der Waals surface area (Å²) in [5, 5.41) is 19.4. The van der Waals surface area contributed by atoms with Crippen LogP contribution >= 0.6 is 22.9 Å². The van der Waals surface area contributed by atoms with Gasteiger partial charge in [0.25, 0.3) is 5.91 Å². The molecule has 186 valence electrons. The molecule has 0 saturated heterocycles. The van der Waals surface area contributed by atoms with Crippen molar-refractivity contribution in [2.24, 2.45) is 11.3 Å². The van der Waals surface area contributed by atoms with Gasteiger partial charge in [-0.3, -0.25) is 14.9 Å². The van der Waals surface area contributed by atoms with E-state index in [-0.39, 0.29) is 27.2 Å². The number of halogens is 1. The number of aromatic nitrogens is 5. The van der Waals surface area contributed by atoms with E-state index in [2.05, 4.69) is 41.2 Å². The molecular weight excluding hydrogens is 502 g/mol. The molecule has 0 radical (unpaired) electrons. The number of nitrogens with zero attached hydrogens (tertiary/aromatic N) is 6. The summed E-state index contributed by atoms with van der Waals surface area (Å²) >= 11 is 6.77. The van der Waals surface area contributed by atoms with E-state index < -0.39 is 10.8 Å². The van der Waals surface area contributed by atoms with Gasteiger partial charge in [0.15, 0.2) is 11.5 Å². The molecule has 1 saturated carbocycles. The van der Waals surface area contributed by atoms with Crippen molar-refractivity contribution in [3.05, 3.63) is 56.8 Å². The third kappa shape index (κ3) is 4.80. The molecule has 36 heavy (non-hydrogen) atoms. The summed E-state index contributed by atoms with van der Waals surface area (Å²) in [5.41, 5.74) is 1.41. The van der Waals surface area contributed by atoms with Crippen LogP contribution in [0.2, 0.25) is 5.15 Å². The summed E-state index contributed by atoms with van der Waals surface area (Å²) in [6.07, 6.45) is 6.31. The van der Waals surface area contributed by atoms with Crippen LogP contribution in [0.25, 0.3) is 22.4 Å². The van der Waals surface area contributed by atoms with E-state index in [0.717, 1.165) is 30.6 Å². The standard InChI is InChI=1S/C24H24ClN7O3S/c1-13-8-15(10-24(2,3)9-13)31-22-16(12-27-31)21(28-20(29-22)14-4-6-18(25)26-11-14)30-23(33)17-5-7-19(36-17)32(34)35/h4-7,11-13,15H,8-10H2,1-3H3,(H,28,29,30,33)/t13-,15-/m1/s1. The average Bonchev–Trinajstić information content (AvgIpc) is 3.46. The van der Waals surface area contributed by atoms with Gasteiger partial charge in [-0.2, -0.15) is 5.10 Å². The van der Waals surface area contributed by atoms with E-state index >= 15 is 0 Å². The monoisotopic (exact) mass is 525 g/mol. The van der Waals surface area contributed by atoms with E-state index in [0.29, 0.717) is 33.5 Å². The summed E-state index contributed by atoms with van der Waals surface area (Å²) in [7, 11) is 0. The van der Waals surface area contributed by atoms with Crippen LogP contribution in [0.1, 0.15) is 55.7 Å². The first-order chi connectivity index (χ1) is 17.1. The van der Waals surface area contributed by atoms with Crippen LogP contribution in [-0.2, 0) is 0 Å². The largest absolute Gasteiger partial charge is 0.324 e. The molecule has 1 N–H and O–H groups in total. The molecule has 1 aliphatic rings. The second kappa shape index (κ2) is 9.21. The molecule has 5 rings (SSSR count). The highest BCUT2D eigenvalue weighted by atomic mass is 35.5. The summed E-state index contributed by atoms with van der Waals surface area (Å²) in [6, 6.07) is 6.29. The molecule has 4 aromatic heterocycles. The Kier molecular flexibility index (Phi) is 6.21. The second-order valence-corrected chi connectivity index (χ2v) is 11.5. The molecule has 10 nitrogen and oxygen atoms in total. The third-order valence-corrected chi connectivity index (χ3v) is 7.64. The van der Waals surface area contributed by atoms with Crippen molar-refractivity contribution in [1.82, 2.24) is 24.7 Å². The zero-order valence-electron chi connectivity index (χ0n) is 19.9. The summed E-state index contributed by atoms with van der Waals surface area (Å²) in [4.78, 5) is 37.3. The lowest BCUT2D eigenvalue weighted by Gasteiger charge is -2.39. The lowest BCUT2D eigenvalue weighted by Crippen LogP contribution is -2.30. The van der Waals surface area contributed by atoms with Crippen LogP contribution in [-0.4, -0.2) is 35.6 Å². The molecule has 4 heterocycles. The predicted octanol–water partition coefficient (Wildman–Crippen LogP) is 6.15. The Morgan fingerprint density at radius 2 is 2.03 bits per heavy atom. The van der Waals surface area contributed by atoms with E-state index in [9.17, 15) is 14.9 Å². The van der Waals surface area contributed by atoms with Crippen LogP contribution in [0, 0.1) is 21.4 Å². The predicted molar refractivity (Wildman–Crippen MR) is 138 cm³/mol. The van der Waals surface area contributed by atoms with E-state index in [1.54, 1.807) is 24.5 Å². The normalized spacial score (nSPS) is 19.3. The summed E-state index contributed by atoms with van der Waals surface area (Å²) in [5.74, 6) is 0.686. The van der Waals surface area contributed by atoms with Crippen molar-refractivity contribution in [3.63, 3.8) is 0 Å². The Hall–Kier alpha value is -3.44. The van der Waals surface area contributed by atoms with E-state index in [1.165, 1.54) is 12.1 Å². The molecular formula is C24H24ClN7O3S. The topological polar surface area (TPSA) is 129 Å². The maximum atomic E-state index is 13.0. The van der Waals surface area contributed by atoms with Gasteiger partial charge in [0.2, 0.25) is 0 Å². The average molecular weight is 526 g/mol. The van der Waals surface area contributed by atoms with Crippen LogP contribution in [0.4, 0.5) is 10.8 Å². The molecule has 0 aliphatic heterocycles. The Labute approximate surface area is 215 Å². The van der Waals surface area contributed by atoms with Crippen molar-refractivity contribution in [2.45, 2.75) is 46.1 Å². The molecule has 0 unspecified atom stereocenters. The molecule has 12 heteroatoms. The smallest absolute Gasteiger partial charge is 0.305 e. The molecule has 1 fully saturated rings. The van der Waals surface area contributed by atoms with Gasteiger partial charge in [-0.25, -0.2) is 19.6 Å². The third-order valence-electron chi connectivity index (χ3n) is 6.38. The Morgan fingerprint density at radius 1 is 1.22 bits per heavy atom. The highest BCUT2D eigenvalue weighted by Crippen LogP contribution is 2.44. The molecule has 4 aromatic rings. The maximum absolute atomic E-state index is 13.0. The van der Waals surface area contributed by atoms with Gasteiger partial charge < -0.3 is 5.32 Å². The Morgan fingerprint density at radius 3 is 2.69 bits per heavy atom. The van der Waals surface area contributed by atoms with Crippen molar-refractivity contribution in [1.29, 1.82) is 0 Å². The fourth-order valence-corrected chi connectivity index (χ4v) is 5.95. The number of nitro groups is 1. The van der Waals surface area contributed by atoms with Gasteiger partial charge in [0, 0.05) is 17.8 Å². The first-order valence-corrected chi connectivity index (χ1v) is 12.7. The van der Waals surface area contributed by atoms with Crippen molar-refractivity contribution >= 4 is 50.7 Å². The lowest BCUT2D eigenvalue weighted by atomic mass is 9.70. The number of hydrogen-bond acceptors (Lipinski definition) is 8. The molecule has 2 atom stereocenters. The zero-order valence-corrected chi connectivity index (χ0v) is 21.5. The number of anilines is 1. The van der Waals surface area contributed by atoms with Crippen molar-refractivity contribution in [3.8, 4) is 11.4 Å². The SMILES string of the molecule is C[C@@H]1C[C@@H](n2ncc3c(NC(=O)c4ccc([N+](=O)[O-])s4)nc(-c4ccc(Cl)nc4)nc32)CC(C)(C)C1. The maximum Gasteiger partial charge on any atom is 0.324 e. The van der Waals surface area contributed by atoms with Crippen molar-refractivity contribution in [2.75, 3.05) is 5.32 Å². The number of thiophene rings is 1. The summed E-state index contributed by atoms with van der Waals surface area (Å²) in [6.45, 7) is 6.80. The first kappa shape index (κ1) is 24.3. The zero-order chi connectivity index (χ0) is 25.6. The van der Waals surface area contributed by atoms with Crippen LogP contribution in [0.15, 0.2) is 36.7 Å². The number of rotatable bonds is 5. The number of nitrogens with one attached hydrogen (secondary N) is 1. The van der Waals surface area contributed by atoms with E-state index in [1.807, 2.05) is 4.68 Å². The van der Waals surface area contributed by atoms with Crippen molar-refractivity contribution < 1.29 is 9.72 Å².